The van der Waals surface area contributed by atoms with Gasteiger partial charge in [-0.05, 0) is 38.8 Å². The van der Waals surface area contributed by atoms with Gasteiger partial charge in [-0.1, -0.05) is 5.16 Å². The van der Waals surface area contributed by atoms with Crippen molar-refractivity contribution in [3.8, 4) is 0 Å². The zero-order chi connectivity index (χ0) is 12.5. The lowest BCUT2D eigenvalue weighted by Gasteiger charge is -2.30. The van der Waals surface area contributed by atoms with Crippen molar-refractivity contribution in [1.29, 1.82) is 0 Å². The van der Waals surface area contributed by atoms with Gasteiger partial charge in [-0.3, -0.25) is 0 Å². The second-order valence-corrected chi connectivity index (χ2v) is 5.69. The SMILES string of the molecule is COC(C)(C)O/N=C1\CCC2CCN(C)[C@H]2C1. The van der Waals surface area contributed by atoms with Crippen LogP contribution in [0.3, 0.4) is 0 Å². The number of rotatable bonds is 3. The molecule has 98 valence electrons. The topological polar surface area (TPSA) is 34.1 Å². The van der Waals surface area contributed by atoms with Crippen molar-refractivity contribution in [2.45, 2.75) is 51.4 Å². The molecule has 0 radical (unpaired) electrons. The largest absolute Gasteiger partial charge is 0.361 e. The van der Waals surface area contributed by atoms with E-state index < -0.39 is 5.79 Å². The van der Waals surface area contributed by atoms with Gasteiger partial charge in [0.2, 0.25) is 5.79 Å². The minimum absolute atomic E-state index is 0.620. The standard InChI is InChI=1S/C13H24N2O2/c1-13(2,16-4)17-14-11-6-5-10-7-8-15(3)12(10)9-11/h10,12H,5-9H2,1-4H3/b14-11+/t10?,12-/m0/s1. The maximum atomic E-state index is 5.45. The van der Waals surface area contributed by atoms with E-state index in [9.17, 15) is 0 Å². The van der Waals surface area contributed by atoms with E-state index in [0.717, 1.165) is 18.8 Å². The van der Waals surface area contributed by atoms with Crippen LogP contribution >= 0.6 is 0 Å². The molecular weight excluding hydrogens is 216 g/mol. The molecule has 2 aliphatic rings. The highest BCUT2D eigenvalue weighted by molar-refractivity contribution is 5.85. The van der Waals surface area contributed by atoms with E-state index in [-0.39, 0.29) is 0 Å². The summed E-state index contributed by atoms with van der Waals surface area (Å²) in [5.41, 5.74) is 1.19. The first kappa shape index (κ1) is 12.8. The molecule has 2 fully saturated rings. The van der Waals surface area contributed by atoms with Gasteiger partial charge in [0.25, 0.3) is 0 Å². The third kappa shape index (κ3) is 2.99. The Morgan fingerprint density at radius 2 is 2.12 bits per heavy atom. The second-order valence-electron chi connectivity index (χ2n) is 5.69. The van der Waals surface area contributed by atoms with Gasteiger partial charge in [0.1, 0.15) is 0 Å². The van der Waals surface area contributed by atoms with Gasteiger partial charge in [-0.2, -0.15) is 0 Å². The molecule has 0 spiro atoms. The van der Waals surface area contributed by atoms with Gasteiger partial charge < -0.3 is 14.5 Å². The number of oxime groups is 1. The molecule has 2 atom stereocenters. The van der Waals surface area contributed by atoms with Crippen LogP contribution in [-0.4, -0.2) is 43.1 Å². The fourth-order valence-electron chi connectivity index (χ4n) is 2.74. The summed E-state index contributed by atoms with van der Waals surface area (Å²) in [5, 5.41) is 4.29. The molecule has 0 N–H and O–H groups in total. The second kappa shape index (κ2) is 4.94. The number of hydrogen-bond acceptors (Lipinski definition) is 4. The zero-order valence-corrected chi connectivity index (χ0v) is 11.4. The molecule has 4 nitrogen and oxygen atoms in total. The Hall–Kier alpha value is -0.610. The van der Waals surface area contributed by atoms with Crippen LogP contribution in [0, 0.1) is 5.92 Å². The van der Waals surface area contributed by atoms with Crippen LogP contribution in [-0.2, 0) is 9.57 Å². The molecule has 2 rings (SSSR count). The molecule has 0 bridgehead atoms. The fourth-order valence-corrected chi connectivity index (χ4v) is 2.74. The molecule has 1 unspecified atom stereocenters. The van der Waals surface area contributed by atoms with E-state index >= 15 is 0 Å². The highest BCUT2D eigenvalue weighted by atomic mass is 16.8. The molecule has 1 aliphatic heterocycles. The average molecular weight is 240 g/mol. The summed E-state index contributed by atoms with van der Waals surface area (Å²) in [5.74, 6) is 0.250. The Bertz CT molecular complexity index is 302. The molecule has 0 amide bonds. The van der Waals surface area contributed by atoms with Crippen molar-refractivity contribution in [3.05, 3.63) is 0 Å². The van der Waals surface area contributed by atoms with Crippen LogP contribution in [0.4, 0.5) is 0 Å². The van der Waals surface area contributed by atoms with Crippen LogP contribution in [0.1, 0.15) is 39.5 Å². The first-order valence-corrected chi connectivity index (χ1v) is 6.51. The van der Waals surface area contributed by atoms with Gasteiger partial charge in [-0.25, -0.2) is 0 Å². The highest BCUT2D eigenvalue weighted by Crippen LogP contribution is 2.34. The number of methoxy groups -OCH3 is 1. The Morgan fingerprint density at radius 3 is 2.82 bits per heavy atom. The summed E-state index contributed by atoms with van der Waals surface area (Å²) in [6.45, 7) is 4.99. The number of likely N-dealkylation sites (tertiary alicyclic amines) is 1. The lowest BCUT2D eigenvalue weighted by molar-refractivity contribution is -0.197. The zero-order valence-electron chi connectivity index (χ0n) is 11.4. The number of nitrogens with zero attached hydrogens (tertiary/aromatic N) is 2. The van der Waals surface area contributed by atoms with Gasteiger partial charge in [-0.15, -0.1) is 0 Å². The Morgan fingerprint density at radius 1 is 1.35 bits per heavy atom. The predicted molar refractivity (Wildman–Crippen MR) is 68.0 cm³/mol. The minimum Gasteiger partial charge on any atom is -0.361 e. The highest BCUT2D eigenvalue weighted by Gasteiger charge is 2.36. The predicted octanol–water partition coefficient (Wildman–Crippen LogP) is 2.25. The van der Waals surface area contributed by atoms with Crippen LogP contribution in [0.2, 0.25) is 0 Å². The van der Waals surface area contributed by atoms with Crippen molar-refractivity contribution in [3.63, 3.8) is 0 Å². The molecular formula is C13H24N2O2. The lowest BCUT2D eigenvalue weighted by Crippen LogP contribution is -2.35. The third-order valence-electron chi connectivity index (χ3n) is 4.10. The van der Waals surface area contributed by atoms with E-state index in [1.54, 1.807) is 7.11 Å². The molecule has 17 heavy (non-hydrogen) atoms. The van der Waals surface area contributed by atoms with Gasteiger partial charge >= 0.3 is 0 Å². The normalized spacial score (nSPS) is 32.8. The van der Waals surface area contributed by atoms with Crippen molar-refractivity contribution in [2.75, 3.05) is 20.7 Å². The number of hydrogen-bond donors (Lipinski definition) is 0. The summed E-state index contributed by atoms with van der Waals surface area (Å²) in [6.07, 6.45) is 4.74. The van der Waals surface area contributed by atoms with Crippen LogP contribution in [0.5, 0.6) is 0 Å². The number of fused-ring (bicyclic) bond motifs is 1. The van der Waals surface area contributed by atoms with E-state index in [1.165, 1.54) is 25.1 Å². The van der Waals surface area contributed by atoms with Crippen molar-refractivity contribution in [2.24, 2.45) is 11.1 Å². The first-order chi connectivity index (χ1) is 8.02. The van der Waals surface area contributed by atoms with Gasteiger partial charge in [0, 0.05) is 33.4 Å². The monoisotopic (exact) mass is 240 g/mol. The Balaban J connectivity index is 1.93. The smallest absolute Gasteiger partial charge is 0.230 e. The van der Waals surface area contributed by atoms with Crippen LogP contribution in [0.15, 0.2) is 5.16 Å². The molecule has 4 heteroatoms. The van der Waals surface area contributed by atoms with E-state index in [4.69, 9.17) is 9.57 Å². The fraction of sp³-hybridized carbons (Fsp3) is 0.923. The number of ether oxygens (including phenoxy) is 1. The first-order valence-electron chi connectivity index (χ1n) is 6.51. The summed E-state index contributed by atoms with van der Waals surface area (Å²) in [7, 11) is 3.86. The summed E-state index contributed by atoms with van der Waals surface area (Å²) >= 11 is 0. The maximum absolute atomic E-state index is 5.45. The quantitative estimate of drug-likeness (QED) is 0.560. The summed E-state index contributed by atoms with van der Waals surface area (Å²) in [4.78, 5) is 7.91. The lowest BCUT2D eigenvalue weighted by atomic mass is 9.84. The van der Waals surface area contributed by atoms with Gasteiger partial charge in [0.15, 0.2) is 0 Å². The van der Waals surface area contributed by atoms with Gasteiger partial charge in [0.05, 0.1) is 5.71 Å². The molecule has 1 heterocycles. The summed E-state index contributed by atoms with van der Waals surface area (Å²) in [6, 6.07) is 0.678. The molecule has 1 saturated heterocycles. The molecule has 0 aromatic carbocycles. The average Bonchev–Trinajstić information content (AvgIpc) is 2.69. The molecule has 0 aromatic rings. The minimum atomic E-state index is -0.620. The van der Waals surface area contributed by atoms with Crippen molar-refractivity contribution >= 4 is 5.71 Å². The Labute approximate surface area is 104 Å². The van der Waals surface area contributed by atoms with Crippen molar-refractivity contribution < 1.29 is 9.57 Å². The third-order valence-corrected chi connectivity index (χ3v) is 4.10. The maximum Gasteiger partial charge on any atom is 0.230 e. The van der Waals surface area contributed by atoms with Crippen LogP contribution < -0.4 is 0 Å². The molecule has 1 aliphatic carbocycles. The van der Waals surface area contributed by atoms with E-state index in [0.29, 0.717) is 6.04 Å². The Kier molecular flexibility index (Phi) is 3.73. The van der Waals surface area contributed by atoms with Crippen molar-refractivity contribution in [1.82, 2.24) is 4.90 Å². The molecule has 1 saturated carbocycles. The summed E-state index contributed by atoms with van der Waals surface area (Å²) < 4.78 is 5.20. The van der Waals surface area contributed by atoms with E-state index in [2.05, 4.69) is 17.1 Å². The molecule has 0 aromatic heterocycles. The van der Waals surface area contributed by atoms with E-state index in [1.807, 2.05) is 13.8 Å². The van der Waals surface area contributed by atoms with Crippen LogP contribution in [0.25, 0.3) is 0 Å².